The Morgan fingerprint density at radius 2 is 1.68 bits per heavy atom. The molecule has 9 heteroatoms. The van der Waals surface area contributed by atoms with Gasteiger partial charge in [-0.2, -0.15) is 0 Å². The molecule has 0 unspecified atom stereocenters. The molecule has 6 nitrogen and oxygen atoms in total. The van der Waals surface area contributed by atoms with Crippen LogP contribution in [0, 0.1) is 6.92 Å². The highest BCUT2D eigenvalue weighted by Gasteiger charge is 2.31. The number of ether oxygens (including phenoxy) is 2. The molecule has 1 atom stereocenters. The van der Waals surface area contributed by atoms with Gasteiger partial charge in [-0.05, 0) is 50.2 Å². The van der Waals surface area contributed by atoms with Gasteiger partial charge in [0.1, 0.15) is 5.75 Å². The third kappa shape index (κ3) is 4.87. The van der Waals surface area contributed by atoms with Crippen molar-refractivity contribution in [2.75, 3.05) is 0 Å². The van der Waals surface area contributed by atoms with E-state index < -0.39 is 24.2 Å². The molecule has 0 spiro atoms. The topological polar surface area (TPSA) is 74.5 Å². The van der Waals surface area contributed by atoms with Crippen molar-refractivity contribution in [3.05, 3.63) is 65.5 Å². The number of esters is 1. The van der Waals surface area contributed by atoms with Crippen molar-refractivity contribution in [2.24, 2.45) is 0 Å². The van der Waals surface area contributed by atoms with Crippen LogP contribution in [0.1, 0.15) is 34.8 Å². The smallest absolute Gasteiger partial charge is 0.449 e. The lowest BCUT2D eigenvalue weighted by atomic mass is 10.1. The minimum Gasteiger partial charge on any atom is -0.449 e. The molecule has 0 saturated heterocycles. The summed E-state index contributed by atoms with van der Waals surface area (Å²) in [6, 6.07) is 11.8. The number of alkyl halides is 3. The molecule has 0 amide bonds. The summed E-state index contributed by atoms with van der Waals surface area (Å²) in [6.45, 7) is 3.50. The van der Waals surface area contributed by atoms with Gasteiger partial charge in [-0.15, -0.1) is 23.4 Å². The zero-order valence-corrected chi connectivity index (χ0v) is 14.9. The number of carbonyl (C=O) groups is 1. The van der Waals surface area contributed by atoms with Crippen LogP contribution < -0.4 is 4.74 Å². The molecule has 0 aliphatic heterocycles. The second-order valence-electron chi connectivity index (χ2n) is 5.93. The van der Waals surface area contributed by atoms with E-state index in [2.05, 4.69) is 14.9 Å². The van der Waals surface area contributed by atoms with Crippen molar-refractivity contribution in [3.63, 3.8) is 0 Å². The fourth-order valence-corrected chi connectivity index (χ4v) is 2.28. The van der Waals surface area contributed by atoms with Crippen LogP contribution in [0.2, 0.25) is 0 Å². The number of rotatable bonds is 5. The number of hydrogen-bond acceptors (Lipinski definition) is 6. The van der Waals surface area contributed by atoms with Crippen LogP contribution in [-0.2, 0) is 4.74 Å². The van der Waals surface area contributed by atoms with E-state index in [4.69, 9.17) is 9.15 Å². The highest BCUT2D eigenvalue weighted by molar-refractivity contribution is 5.89. The van der Waals surface area contributed by atoms with E-state index in [1.165, 1.54) is 12.1 Å². The lowest BCUT2D eigenvalue weighted by Crippen LogP contribution is -2.17. The molecule has 146 valence electrons. The quantitative estimate of drug-likeness (QED) is 0.577. The number of aryl methyl sites for hydroxylation is 1. The van der Waals surface area contributed by atoms with E-state index in [9.17, 15) is 18.0 Å². The Balaban J connectivity index is 1.65. The highest BCUT2D eigenvalue weighted by Crippen LogP contribution is 2.25. The van der Waals surface area contributed by atoms with Gasteiger partial charge < -0.3 is 13.9 Å². The molecule has 1 heterocycles. The Hall–Kier alpha value is -3.36. The summed E-state index contributed by atoms with van der Waals surface area (Å²) >= 11 is 0. The maximum atomic E-state index is 12.2. The van der Waals surface area contributed by atoms with Crippen molar-refractivity contribution in [1.29, 1.82) is 0 Å². The van der Waals surface area contributed by atoms with Crippen LogP contribution in [0.5, 0.6) is 5.75 Å². The van der Waals surface area contributed by atoms with Crippen LogP contribution in [0.25, 0.3) is 11.5 Å². The van der Waals surface area contributed by atoms with E-state index in [1.807, 2.05) is 31.2 Å². The Bertz CT molecular complexity index is 951. The number of aromatic nitrogens is 2. The number of nitrogens with zero attached hydrogens (tertiary/aromatic N) is 2. The van der Waals surface area contributed by atoms with Crippen molar-refractivity contribution in [3.8, 4) is 17.2 Å². The molecule has 0 aliphatic rings. The first-order chi connectivity index (χ1) is 13.2. The van der Waals surface area contributed by atoms with Crippen molar-refractivity contribution >= 4 is 5.97 Å². The van der Waals surface area contributed by atoms with Crippen LogP contribution in [-0.4, -0.2) is 22.5 Å². The van der Waals surface area contributed by atoms with Gasteiger partial charge in [0.25, 0.3) is 5.89 Å². The predicted octanol–water partition coefficient (Wildman–Crippen LogP) is 4.86. The van der Waals surface area contributed by atoms with Crippen LogP contribution >= 0.6 is 0 Å². The third-order valence-corrected chi connectivity index (χ3v) is 3.69. The molecular weight excluding hydrogens is 377 g/mol. The Morgan fingerprint density at radius 3 is 2.29 bits per heavy atom. The first-order valence-electron chi connectivity index (χ1n) is 8.18. The van der Waals surface area contributed by atoms with E-state index in [0.717, 1.165) is 23.3 Å². The Morgan fingerprint density at radius 1 is 1.04 bits per heavy atom. The van der Waals surface area contributed by atoms with E-state index >= 15 is 0 Å². The van der Waals surface area contributed by atoms with Crippen molar-refractivity contribution in [1.82, 2.24) is 10.2 Å². The van der Waals surface area contributed by atoms with E-state index in [1.54, 1.807) is 6.92 Å². The van der Waals surface area contributed by atoms with Gasteiger partial charge in [0.05, 0.1) is 5.56 Å². The predicted molar refractivity (Wildman–Crippen MR) is 91.4 cm³/mol. The monoisotopic (exact) mass is 392 g/mol. The second kappa shape index (κ2) is 7.71. The maximum Gasteiger partial charge on any atom is 0.573 e. The van der Waals surface area contributed by atoms with Gasteiger partial charge in [-0.1, -0.05) is 17.7 Å². The molecule has 28 heavy (non-hydrogen) atoms. The van der Waals surface area contributed by atoms with Gasteiger partial charge in [-0.25, -0.2) is 4.79 Å². The zero-order valence-electron chi connectivity index (χ0n) is 14.9. The van der Waals surface area contributed by atoms with Crippen LogP contribution in [0.15, 0.2) is 52.9 Å². The normalized spacial score (nSPS) is 12.5. The minimum atomic E-state index is -4.80. The standard InChI is InChI=1S/C19H15F3N2O4/c1-11-3-5-13(6-4-11)17-24-23-16(27-17)12(2)26-18(25)14-7-9-15(10-8-14)28-19(20,21)22/h3-10,12H,1-2H3/t12-/m1/s1. The molecule has 1 aromatic heterocycles. The van der Waals surface area contributed by atoms with Gasteiger partial charge in [-0.3, -0.25) is 0 Å². The minimum absolute atomic E-state index is 0.0552. The zero-order chi connectivity index (χ0) is 20.3. The fraction of sp³-hybridized carbons (Fsp3) is 0.211. The van der Waals surface area contributed by atoms with Crippen molar-refractivity contribution in [2.45, 2.75) is 26.3 Å². The molecule has 0 radical (unpaired) electrons. The van der Waals surface area contributed by atoms with Crippen LogP contribution in [0.3, 0.4) is 0 Å². The summed E-state index contributed by atoms with van der Waals surface area (Å²) < 4.78 is 51.0. The number of halogens is 3. The average molecular weight is 392 g/mol. The van der Waals surface area contributed by atoms with Gasteiger partial charge in [0, 0.05) is 5.56 Å². The van der Waals surface area contributed by atoms with Gasteiger partial charge >= 0.3 is 12.3 Å². The molecule has 2 aromatic carbocycles. The largest absolute Gasteiger partial charge is 0.573 e. The SMILES string of the molecule is Cc1ccc(-c2nnc([C@@H](C)OC(=O)c3ccc(OC(F)(F)F)cc3)o2)cc1. The first kappa shape index (κ1) is 19.4. The average Bonchev–Trinajstić information content (AvgIpc) is 3.12. The maximum absolute atomic E-state index is 12.2. The van der Waals surface area contributed by atoms with Crippen LogP contribution in [0.4, 0.5) is 13.2 Å². The Labute approximate surface area is 157 Å². The lowest BCUT2D eigenvalue weighted by Gasteiger charge is -2.11. The third-order valence-electron chi connectivity index (χ3n) is 3.69. The lowest BCUT2D eigenvalue weighted by molar-refractivity contribution is -0.274. The summed E-state index contributed by atoms with van der Waals surface area (Å²) in [5, 5.41) is 7.81. The van der Waals surface area contributed by atoms with E-state index in [-0.39, 0.29) is 17.3 Å². The summed E-state index contributed by atoms with van der Waals surface area (Å²) in [5.41, 5.74) is 1.86. The Kier molecular flexibility index (Phi) is 5.34. The number of carbonyl (C=O) groups excluding carboxylic acids is 1. The fourth-order valence-electron chi connectivity index (χ4n) is 2.28. The second-order valence-corrected chi connectivity index (χ2v) is 5.93. The summed E-state index contributed by atoms with van der Waals surface area (Å²) in [4.78, 5) is 12.2. The molecule has 0 saturated carbocycles. The van der Waals surface area contributed by atoms with Crippen molar-refractivity contribution < 1.29 is 31.9 Å². The molecule has 0 N–H and O–H groups in total. The summed E-state index contributed by atoms with van der Waals surface area (Å²) in [6.07, 6.45) is -5.64. The van der Waals surface area contributed by atoms with Gasteiger partial charge in [0.15, 0.2) is 6.10 Å². The summed E-state index contributed by atoms with van der Waals surface area (Å²) in [7, 11) is 0. The van der Waals surface area contributed by atoms with Gasteiger partial charge in [0.2, 0.25) is 5.89 Å². The molecule has 0 fully saturated rings. The molecule has 0 aliphatic carbocycles. The number of hydrogen-bond donors (Lipinski definition) is 0. The van der Waals surface area contributed by atoms with E-state index in [0.29, 0.717) is 0 Å². The highest BCUT2D eigenvalue weighted by atomic mass is 19.4. The molecule has 0 bridgehead atoms. The molecule has 3 aromatic rings. The molecule has 3 rings (SSSR count). The first-order valence-corrected chi connectivity index (χ1v) is 8.18. The number of benzene rings is 2. The summed E-state index contributed by atoms with van der Waals surface area (Å²) in [5.74, 6) is -0.801. The molecular formula is C19H15F3N2O4.